The monoisotopic (exact) mass is 305 g/mol. The molecule has 1 saturated heterocycles. The maximum atomic E-state index is 10.7. The van der Waals surface area contributed by atoms with Crippen molar-refractivity contribution in [2.24, 2.45) is 13.0 Å². The molecule has 1 aromatic heterocycles. The summed E-state index contributed by atoms with van der Waals surface area (Å²) in [6.45, 7) is 7.35. The Balaban J connectivity index is 2.01. The lowest BCUT2D eigenvalue weighted by Crippen LogP contribution is -2.51. The van der Waals surface area contributed by atoms with Crippen molar-refractivity contribution < 1.29 is 9.84 Å². The van der Waals surface area contributed by atoms with Gasteiger partial charge in [-0.25, -0.2) is 0 Å². The van der Waals surface area contributed by atoms with Crippen molar-refractivity contribution >= 4 is 0 Å². The van der Waals surface area contributed by atoms with Gasteiger partial charge in [-0.15, -0.1) is 0 Å². The number of likely N-dealkylation sites (tertiary alicyclic amines) is 1. The van der Waals surface area contributed by atoms with Gasteiger partial charge in [-0.2, -0.15) is 5.26 Å². The van der Waals surface area contributed by atoms with Gasteiger partial charge in [-0.3, -0.25) is 4.90 Å². The zero-order chi connectivity index (χ0) is 16.3. The number of nitriles is 1. The zero-order valence-electron chi connectivity index (χ0n) is 14.1. The number of nitrogens with zero attached hydrogens (tertiary/aromatic N) is 3. The normalized spacial score (nSPS) is 26.1. The molecule has 0 aliphatic carbocycles. The van der Waals surface area contributed by atoms with Crippen LogP contribution in [0.15, 0.2) is 6.07 Å². The molecule has 0 amide bonds. The van der Waals surface area contributed by atoms with Crippen molar-refractivity contribution in [3.05, 3.63) is 23.0 Å². The Morgan fingerprint density at radius 2 is 2.27 bits per heavy atom. The average molecular weight is 305 g/mol. The number of aromatic nitrogens is 1. The molecule has 0 spiro atoms. The minimum absolute atomic E-state index is 0.218. The number of hydrogen-bond donors (Lipinski definition) is 1. The zero-order valence-corrected chi connectivity index (χ0v) is 14.1. The first-order valence-electron chi connectivity index (χ1n) is 7.90. The Morgan fingerprint density at radius 1 is 1.55 bits per heavy atom. The van der Waals surface area contributed by atoms with Gasteiger partial charge in [0.25, 0.3) is 0 Å². The summed E-state index contributed by atoms with van der Waals surface area (Å²) in [5.74, 6) is 0.218. The van der Waals surface area contributed by atoms with E-state index in [0.29, 0.717) is 18.7 Å². The van der Waals surface area contributed by atoms with Gasteiger partial charge in [0.2, 0.25) is 0 Å². The molecule has 0 aromatic carbocycles. The van der Waals surface area contributed by atoms with Crippen LogP contribution in [0.25, 0.3) is 0 Å². The number of piperidine rings is 1. The maximum Gasteiger partial charge on any atom is 0.120 e. The minimum Gasteiger partial charge on any atom is -0.389 e. The SMILES string of the molecule is COCC[C@]1(O)CCN(Cc2cc(C#N)n(C)c2C)C[C@H]1C. The summed E-state index contributed by atoms with van der Waals surface area (Å²) >= 11 is 0. The Kier molecular flexibility index (Phi) is 5.28. The number of rotatable bonds is 5. The Hall–Kier alpha value is -1.35. The second-order valence-electron chi connectivity index (χ2n) is 6.54. The molecule has 5 heteroatoms. The van der Waals surface area contributed by atoms with E-state index in [2.05, 4.69) is 24.8 Å². The first-order chi connectivity index (χ1) is 10.4. The van der Waals surface area contributed by atoms with Crippen LogP contribution in [0.5, 0.6) is 0 Å². The molecule has 1 fully saturated rings. The van der Waals surface area contributed by atoms with Crippen LogP contribution >= 0.6 is 0 Å². The van der Waals surface area contributed by atoms with E-state index in [1.54, 1.807) is 7.11 Å². The quantitative estimate of drug-likeness (QED) is 0.901. The number of aliphatic hydroxyl groups is 1. The van der Waals surface area contributed by atoms with Crippen molar-refractivity contribution in [2.75, 3.05) is 26.8 Å². The van der Waals surface area contributed by atoms with Gasteiger partial charge >= 0.3 is 0 Å². The molecule has 1 aliphatic rings. The topological polar surface area (TPSA) is 61.4 Å². The highest BCUT2D eigenvalue weighted by atomic mass is 16.5. The molecular weight excluding hydrogens is 278 g/mol. The smallest absolute Gasteiger partial charge is 0.120 e. The average Bonchev–Trinajstić information content (AvgIpc) is 2.77. The van der Waals surface area contributed by atoms with Crippen LogP contribution in [0.1, 0.15) is 36.7 Å². The van der Waals surface area contributed by atoms with Crippen molar-refractivity contribution in [3.63, 3.8) is 0 Å². The molecule has 22 heavy (non-hydrogen) atoms. The molecule has 0 unspecified atom stereocenters. The van der Waals surface area contributed by atoms with Crippen molar-refractivity contribution in [1.29, 1.82) is 5.26 Å². The van der Waals surface area contributed by atoms with E-state index in [1.807, 2.05) is 17.7 Å². The summed E-state index contributed by atoms with van der Waals surface area (Å²) in [4.78, 5) is 2.37. The van der Waals surface area contributed by atoms with Crippen LogP contribution < -0.4 is 0 Å². The molecule has 0 bridgehead atoms. The molecule has 122 valence electrons. The molecule has 1 N–H and O–H groups in total. The first-order valence-corrected chi connectivity index (χ1v) is 7.90. The van der Waals surface area contributed by atoms with Gasteiger partial charge in [0.15, 0.2) is 0 Å². The van der Waals surface area contributed by atoms with Gasteiger partial charge in [-0.1, -0.05) is 6.92 Å². The highest BCUT2D eigenvalue weighted by Crippen LogP contribution is 2.32. The third kappa shape index (κ3) is 3.35. The molecule has 0 radical (unpaired) electrons. The summed E-state index contributed by atoms with van der Waals surface area (Å²) < 4.78 is 7.06. The van der Waals surface area contributed by atoms with Crippen LogP contribution in [0.3, 0.4) is 0 Å². The predicted molar refractivity (Wildman–Crippen MR) is 85.4 cm³/mol. The van der Waals surface area contributed by atoms with Gasteiger partial charge in [0.1, 0.15) is 11.8 Å². The Labute approximate surface area is 133 Å². The van der Waals surface area contributed by atoms with Crippen molar-refractivity contribution in [2.45, 2.75) is 38.8 Å². The fourth-order valence-corrected chi connectivity index (χ4v) is 3.31. The lowest BCUT2D eigenvalue weighted by atomic mass is 9.80. The molecular formula is C17H27N3O2. The highest BCUT2D eigenvalue weighted by molar-refractivity contribution is 5.34. The summed E-state index contributed by atoms with van der Waals surface area (Å²) in [6, 6.07) is 4.21. The summed E-state index contributed by atoms with van der Waals surface area (Å²) in [6.07, 6.45) is 1.47. The van der Waals surface area contributed by atoms with Gasteiger partial charge in [0.05, 0.1) is 5.60 Å². The standard InChI is InChI=1S/C17H27N3O2/c1-13-11-20(7-5-17(13,21)6-8-22-4)12-15-9-16(10-18)19(3)14(15)2/h9,13,21H,5-8,11-12H2,1-4H3/t13-,17-/m1/s1. The molecule has 2 atom stereocenters. The van der Waals surface area contributed by atoms with E-state index < -0.39 is 5.60 Å². The summed E-state index contributed by atoms with van der Waals surface area (Å²) in [5.41, 5.74) is 2.43. The van der Waals surface area contributed by atoms with Crippen molar-refractivity contribution in [3.8, 4) is 6.07 Å². The molecule has 2 rings (SSSR count). The second-order valence-corrected chi connectivity index (χ2v) is 6.54. The largest absolute Gasteiger partial charge is 0.389 e. The van der Waals surface area contributed by atoms with E-state index in [4.69, 9.17) is 10.00 Å². The molecule has 5 nitrogen and oxygen atoms in total. The van der Waals surface area contributed by atoms with Crippen LogP contribution in [-0.4, -0.2) is 47.0 Å². The van der Waals surface area contributed by atoms with Gasteiger partial charge < -0.3 is 14.4 Å². The molecule has 0 saturated carbocycles. The summed E-state index contributed by atoms with van der Waals surface area (Å²) in [5, 5.41) is 19.9. The minimum atomic E-state index is -0.615. The van der Waals surface area contributed by atoms with Crippen LogP contribution in [0, 0.1) is 24.2 Å². The van der Waals surface area contributed by atoms with Gasteiger partial charge in [0, 0.05) is 46.1 Å². The molecule has 1 aliphatic heterocycles. The second kappa shape index (κ2) is 6.82. The predicted octanol–water partition coefficient (Wildman–Crippen LogP) is 1.81. The molecule has 1 aromatic rings. The third-order valence-corrected chi connectivity index (χ3v) is 5.20. The van der Waals surface area contributed by atoms with E-state index in [9.17, 15) is 5.11 Å². The fourth-order valence-electron chi connectivity index (χ4n) is 3.31. The van der Waals surface area contributed by atoms with E-state index in [0.717, 1.165) is 31.7 Å². The van der Waals surface area contributed by atoms with Gasteiger partial charge in [-0.05, 0) is 37.3 Å². The van der Waals surface area contributed by atoms with Crippen LogP contribution in [0.4, 0.5) is 0 Å². The lowest BCUT2D eigenvalue weighted by Gasteiger charge is -2.43. The Bertz CT molecular complexity index is 561. The third-order valence-electron chi connectivity index (χ3n) is 5.20. The van der Waals surface area contributed by atoms with E-state index >= 15 is 0 Å². The first kappa shape index (κ1) is 17.0. The fraction of sp³-hybridized carbons (Fsp3) is 0.706. The molecule has 2 heterocycles. The number of ether oxygens (including phenoxy) is 1. The van der Waals surface area contributed by atoms with E-state index in [-0.39, 0.29) is 5.92 Å². The van der Waals surface area contributed by atoms with Crippen LogP contribution in [-0.2, 0) is 18.3 Å². The number of methoxy groups -OCH3 is 1. The van der Waals surface area contributed by atoms with E-state index in [1.165, 1.54) is 5.56 Å². The number of hydrogen-bond acceptors (Lipinski definition) is 4. The highest BCUT2D eigenvalue weighted by Gasteiger charge is 2.38. The lowest BCUT2D eigenvalue weighted by molar-refractivity contribution is -0.0827. The maximum absolute atomic E-state index is 10.7. The van der Waals surface area contributed by atoms with Crippen LogP contribution in [0.2, 0.25) is 0 Å². The summed E-state index contributed by atoms with van der Waals surface area (Å²) in [7, 11) is 3.60. The van der Waals surface area contributed by atoms with Crippen molar-refractivity contribution in [1.82, 2.24) is 9.47 Å². The Morgan fingerprint density at radius 3 is 2.82 bits per heavy atom.